The zero-order valence-corrected chi connectivity index (χ0v) is 11.6. The molecule has 0 bridgehead atoms. The maximum absolute atomic E-state index is 13.7. The summed E-state index contributed by atoms with van der Waals surface area (Å²) in [4.78, 5) is 0. The lowest BCUT2D eigenvalue weighted by Crippen LogP contribution is -2.16. The highest BCUT2D eigenvalue weighted by Gasteiger charge is 2.17. The van der Waals surface area contributed by atoms with E-state index >= 15 is 0 Å². The summed E-state index contributed by atoms with van der Waals surface area (Å²) in [6.45, 7) is 0. The second kappa shape index (κ2) is 6.20. The van der Waals surface area contributed by atoms with Crippen molar-refractivity contribution in [2.75, 3.05) is 7.11 Å². The Morgan fingerprint density at radius 2 is 2.00 bits per heavy atom. The minimum Gasteiger partial charge on any atom is -0.496 e. The molecule has 0 aliphatic rings. The number of rotatable bonds is 4. The lowest BCUT2D eigenvalue weighted by atomic mass is 9.98. The van der Waals surface area contributed by atoms with Crippen LogP contribution >= 0.6 is 11.6 Å². The molecule has 2 aromatic carbocycles. The van der Waals surface area contributed by atoms with E-state index in [1.807, 2.05) is 0 Å². The quantitative estimate of drug-likeness (QED) is 0.930. The predicted octanol–water partition coefficient (Wildman–Crippen LogP) is 3.87. The number of methoxy groups -OCH3 is 1. The van der Waals surface area contributed by atoms with Crippen molar-refractivity contribution >= 4 is 11.6 Å². The summed E-state index contributed by atoms with van der Waals surface area (Å²) in [5.41, 5.74) is 6.84. The van der Waals surface area contributed by atoms with Crippen LogP contribution in [-0.4, -0.2) is 7.11 Å². The summed E-state index contributed by atoms with van der Waals surface area (Å²) in [6.07, 6.45) is 0.296. The Labute approximate surface area is 121 Å². The molecule has 0 radical (unpaired) electrons. The SMILES string of the molecule is COc1ccc(Cl)cc1CC(N)c1cccc(F)c1F. The molecule has 0 spiro atoms. The standard InChI is InChI=1S/C15H14ClF2NO/c1-20-14-6-5-10(16)7-9(14)8-13(19)11-3-2-4-12(17)15(11)18/h2-7,13H,8,19H2,1H3. The molecule has 5 heteroatoms. The molecule has 0 saturated heterocycles. The van der Waals surface area contributed by atoms with Crippen LogP contribution in [-0.2, 0) is 6.42 Å². The highest BCUT2D eigenvalue weighted by molar-refractivity contribution is 6.30. The Morgan fingerprint density at radius 3 is 2.70 bits per heavy atom. The van der Waals surface area contributed by atoms with Crippen molar-refractivity contribution in [2.24, 2.45) is 5.73 Å². The molecule has 0 aromatic heterocycles. The summed E-state index contributed by atoms with van der Waals surface area (Å²) in [7, 11) is 1.53. The van der Waals surface area contributed by atoms with E-state index in [1.54, 1.807) is 18.2 Å². The van der Waals surface area contributed by atoms with Crippen LogP contribution in [0.3, 0.4) is 0 Å². The second-order valence-electron chi connectivity index (χ2n) is 4.41. The molecule has 2 N–H and O–H groups in total. The smallest absolute Gasteiger partial charge is 0.163 e. The highest BCUT2D eigenvalue weighted by atomic mass is 35.5. The van der Waals surface area contributed by atoms with Gasteiger partial charge in [-0.2, -0.15) is 0 Å². The molecule has 0 heterocycles. The van der Waals surface area contributed by atoms with Crippen molar-refractivity contribution in [3.63, 3.8) is 0 Å². The Hall–Kier alpha value is -1.65. The van der Waals surface area contributed by atoms with E-state index in [1.165, 1.54) is 19.2 Å². The summed E-state index contributed by atoms with van der Waals surface area (Å²) < 4.78 is 32.1. The predicted molar refractivity (Wildman–Crippen MR) is 75.0 cm³/mol. The zero-order valence-electron chi connectivity index (χ0n) is 10.9. The van der Waals surface area contributed by atoms with Gasteiger partial charge in [0, 0.05) is 16.6 Å². The van der Waals surface area contributed by atoms with Gasteiger partial charge in [0.25, 0.3) is 0 Å². The van der Waals surface area contributed by atoms with Gasteiger partial charge in [0.05, 0.1) is 7.11 Å². The topological polar surface area (TPSA) is 35.2 Å². The van der Waals surface area contributed by atoms with Crippen LogP contribution in [0.5, 0.6) is 5.75 Å². The molecule has 0 aliphatic carbocycles. The fourth-order valence-corrected chi connectivity index (χ4v) is 2.26. The first kappa shape index (κ1) is 14.8. The third-order valence-electron chi connectivity index (χ3n) is 3.06. The van der Waals surface area contributed by atoms with Gasteiger partial charge < -0.3 is 10.5 Å². The Morgan fingerprint density at radius 1 is 1.25 bits per heavy atom. The summed E-state index contributed by atoms with van der Waals surface area (Å²) in [6, 6.07) is 8.40. The molecular weight excluding hydrogens is 284 g/mol. The fraction of sp³-hybridized carbons (Fsp3) is 0.200. The van der Waals surface area contributed by atoms with Crippen LogP contribution in [0.4, 0.5) is 8.78 Å². The number of ether oxygens (including phenoxy) is 1. The van der Waals surface area contributed by atoms with Crippen LogP contribution in [0.1, 0.15) is 17.2 Å². The van der Waals surface area contributed by atoms with E-state index in [0.717, 1.165) is 11.6 Å². The van der Waals surface area contributed by atoms with E-state index in [4.69, 9.17) is 22.1 Å². The lowest BCUT2D eigenvalue weighted by Gasteiger charge is -2.15. The summed E-state index contributed by atoms with van der Waals surface area (Å²) >= 11 is 5.93. The van der Waals surface area contributed by atoms with Gasteiger partial charge in [-0.1, -0.05) is 23.7 Å². The van der Waals surface area contributed by atoms with Crippen molar-refractivity contribution in [3.05, 3.63) is 64.2 Å². The van der Waals surface area contributed by atoms with Gasteiger partial charge in [0.15, 0.2) is 11.6 Å². The molecule has 0 saturated carbocycles. The number of halogens is 3. The first-order chi connectivity index (χ1) is 9.52. The van der Waals surface area contributed by atoms with E-state index < -0.39 is 17.7 Å². The Balaban J connectivity index is 2.30. The lowest BCUT2D eigenvalue weighted by molar-refractivity contribution is 0.407. The molecular formula is C15H14ClF2NO. The van der Waals surface area contributed by atoms with Gasteiger partial charge in [-0.3, -0.25) is 0 Å². The summed E-state index contributed by atoms with van der Waals surface area (Å²) in [5.74, 6) is -1.21. The first-order valence-corrected chi connectivity index (χ1v) is 6.42. The fourth-order valence-electron chi connectivity index (χ4n) is 2.06. The van der Waals surface area contributed by atoms with Crippen LogP contribution < -0.4 is 10.5 Å². The van der Waals surface area contributed by atoms with Crippen molar-refractivity contribution in [1.29, 1.82) is 0 Å². The minimum atomic E-state index is -0.916. The monoisotopic (exact) mass is 297 g/mol. The normalized spacial score (nSPS) is 12.2. The average Bonchev–Trinajstić information content (AvgIpc) is 2.42. The van der Waals surface area contributed by atoms with Gasteiger partial charge in [-0.15, -0.1) is 0 Å². The average molecular weight is 298 g/mol. The van der Waals surface area contributed by atoms with E-state index in [0.29, 0.717) is 17.2 Å². The van der Waals surface area contributed by atoms with Gasteiger partial charge in [0.2, 0.25) is 0 Å². The molecule has 0 fully saturated rings. The molecule has 2 nitrogen and oxygen atoms in total. The molecule has 106 valence electrons. The second-order valence-corrected chi connectivity index (χ2v) is 4.85. The van der Waals surface area contributed by atoms with Crippen molar-refractivity contribution < 1.29 is 13.5 Å². The van der Waals surface area contributed by atoms with Crippen LogP contribution in [0.2, 0.25) is 5.02 Å². The van der Waals surface area contributed by atoms with Crippen LogP contribution in [0.25, 0.3) is 0 Å². The highest BCUT2D eigenvalue weighted by Crippen LogP contribution is 2.28. The van der Waals surface area contributed by atoms with E-state index in [-0.39, 0.29) is 5.56 Å². The molecule has 2 rings (SSSR count). The Kier molecular flexibility index (Phi) is 4.57. The first-order valence-electron chi connectivity index (χ1n) is 6.05. The maximum Gasteiger partial charge on any atom is 0.163 e. The Bertz CT molecular complexity index is 619. The largest absolute Gasteiger partial charge is 0.496 e. The molecule has 1 unspecified atom stereocenters. The number of nitrogens with two attached hydrogens (primary N) is 1. The van der Waals surface area contributed by atoms with Gasteiger partial charge >= 0.3 is 0 Å². The number of hydrogen-bond donors (Lipinski definition) is 1. The summed E-state index contributed by atoms with van der Waals surface area (Å²) in [5, 5.41) is 0.535. The molecule has 2 aromatic rings. The molecule has 0 aliphatic heterocycles. The molecule has 1 atom stereocenters. The van der Waals surface area contributed by atoms with Gasteiger partial charge in [0.1, 0.15) is 5.75 Å². The van der Waals surface area contributed by atoms with E-state index in [2.05, 4.69) is 0 Å². The van der Waals surface area contributed by atoms with Crippen molar-refractivity contribution in [3.8, 4) is 5.75 Å². The minimum absolute atomic E-state index is 0.132. The van der Waals surface area contributed by atoms with Crippen molar-refractivity contribution in [1.82, 2.24) is 0 Å². The molecule has 20 heavy (non-hydrogen) atoms. The van der Waals surface area contributed by atoms with Crippen molar-refractivity contribution in [2.45, 2.75) is 12.5 Å². The number of benzene rings is 2. The van der Waals surface area contributed by atoms with Gasteiger partial charge in [-0.25, -0.2) is 8.78 Å². The van der Waals surface area contributed by atoms with E-state index in [9.17, 15) is 8.78 Å². The molecule has 0 amide bonds. The van der Waals surface area contributed by atoms with Crippen LogP contribution in [0, 0.1) is 11.6 Å². The third-order valence-corrected chi connectivity index (χ3v) is 3.30. The number of hydrogen-bond acceptors (Lipinski definition) is 2. The third kappa shape index (κ3) is 3.08. The maximum atomic E-state index is 13.7. The van der Waals surface area contributed by atoms with Gasteiger partial charge in [-0.05, 0) is 36.2 Å². The van der Waals surface area contributed by atoms with Crippen LogP contribution in [0.15, 0.2) is 36.4 Å². The zero-order chi connectivity index (χ0) is 14.7.